The Bertz CT molecular complexity index is 1130. The van der Waals surface area contributed by atoms with Gasteiger partial charge >= 0.3 is 0 Å². The van der Waals surface area contributed by atoms with Crippen LogP contribution in [0.25, 0.3) is 0 Å². The van der Waals surface area contributed by atoms with E-state index in [1.165, 1.54) is 11.3 Å². The van der Waals surface area contributed by atoms with E-state index in [9.17, 15) is 5.11 Å². The second-order valence-corrected chi connectivity index (χ2v) is 8.65. The van der Waals surface area contributed by atoms with Crippen molar-refractivity contribution in [3.8, 4) is 17.2 Å². The predicted octanol–water partition coefficient (Wildman–Crippen LogP) is 3.95. The summed E-state index contributed by atoms with van der Waals surface area (Å²) in [5.74, 6) is 2.11. The van der Waals surface area contributed by atoms with Crippen LogP contribution < -0.4 is 19.5 Å². The first-order valence-corrected chi connectivity index (χ1v) is 10.9. The maximum atomic E-state index is 10.8. The van der Waals surface area contributed by atoms with Crippen LogP contribution in [0.3, 0.4) is 0 Å². The minimum atomic E-state index is -0.701. The number of ether oxygens (including phenoxy) is 3. The number of aliphatic hydroxyl groups excluding tert-OH is 1. The summed E-state index contributed by atoms with van der Waals surface area (Å²) in [7, 11) is 4.86. The van der Waals surface area contributed by atoms with Gasteiger partial charge in [-0.25, -0.2) is 4.68 Å². The summed E-state index contributed by atoms with van der Waals surface area (Å²) in [6, 6.07) is 11.3. The van der Waals surface area contributed by atoms with E-state index in [0.29, 0.717) is 34.6 Å². The van der Waals surface area contributed by atoms with Crippen LogP contribution in [0.1, 0.15) is 17.2 Å². The van der Waals surface area contributed by atoms with Gasteiger partial charge in [0.05, 0.1) is 39.8 Å². The first kappa shape index (κ1) is 21.6. The van der Waals surface area contributed by atoms with E-state index in [1.54, 1.807) is 26.0 Å². The highest BCUT2D eigenvalue weighted by Crippen LogP contribution is 2.39. The zero-order valence-electron chi connectivity index (χ0n) is 17.5. The summed E-state index contributed by atoms with van der Waals surface area (Å²) in [4.78, 5) is 2.08. The van der Waals surface area contributed by atoms with Gasteiger partial charge < -0.3 is 24.6 Å². The Kier molecular flexibility index (Phi) is 6.42. The Balaban J connectivity index is 1.55. The van der Waals surface area contributed by atoms with Gasteiger partial charge in [0.25, 0.3) is 0 Å². The molecule has 0 spiro atoms. The van der Waals surface area contributed by atoms with Crippen LogP contribution in [-0.4, -0.2) is 47.7 Å². The molecule has 0 bridgehead atoms. The molecule has 0 unspecified atom stereocenters. The van der Waals surface area contributed by atoms with Crippen molar-refractivity contribution in [2.75, 3.05) is 33.2 Å². The molecule has 2 heterocycles. The zero-order chi connectivity index (χ0) is 22.0. The number of fused-ring (bicyclic) bond motifs is 1. The normalized spacial score (nSPS) is 15.9. The molecular weight excluding hydrogens is 436 g/mol. The van der Waals surface area contributed by atoms with Crippen molar-refractivity contribution in [3.63, 3.8) is 0 Å². The molecule has 2 N–H and O–H groups in total. The van der Waals surface area contributed by atoms with Crippen molar-refractivity contribution in [2.24, 2.45) is 0 Å². The number of para-hydroxylation sites is 2. The molecule has 1 aromatic heterocycles. The molecule has 31 heavy (non-hydrogen) atoms. The summed E-state index contributed by atoms with van der Waals surface area (Å²) < 4.78 is 18.7. The number of aromatic nitrogens is 2. The van der Waals surface area contributed by atoms with E-state index in [-0.39, 0.29) is 0 Å². The fourth-order valence-corrected chi connectivity index (χ4v) is 4.76. The number of rotatable bonds is 7. The first-order chi connectivity index (χ1) is 15.0. The monoisotopic (exact) mass is 460 g/mol. The smallest absolute Gasteiger partial charge is 0.209 e. The summed E-state index contributed by atoms with van der Waals surface area (Å²) in [5.41, 5.74) is 2.51. The van der Waals surface area contributed by atoms with Crippen molar-refractivity contribution < 1.29 is 19.3 Å². The minimum absolute atomic E-state index is 0.436. The van der Waals surface area contributed by atoms with E-state index in [0.717, 1.165) is 28.3 Å². The molecule has 8 nitrogen and oxygen atoms in total. The molecule has 0 saturated carbocycles. The highest BCUT2D eigenvalue weighted by atomic mass is 32.1. The van der Waals surface area contributed by atoms with Gasteiger partial charge in [0, 0.05) is 24.2 Å². The lowest BCUT2D eigenvalue weighted by Crippen LogP contribution is -2.35. The van der Waals surface area contributed by atoms with Gasteiger partial charge in [-0.15, -0.1) is 5.10 Å². The fourth-order valence-electron chi connectivity index (χ4n) is 3.75. The molecule has 1 aliphatic rings. The largest absolute Gasteiger partial charge is 0.496 e. The zero-order valence-corrected chi connectivity index (χ0v) is 19.1. The SMILES string of the molecule is COc1ccccc1Nc1nn(CN2Cc3c(OC)ccc(OC)c3[C@@H](O)C2)c(=S)s1. The second kappa shape index (κ2) is 9.23. The molecule has 1 aliphatic heterocycles. The summed E-state index contributed by atoms with van der Waals surface area (Å²) in [5, 5.41) is 19.4. The van der Waals surface area contributed by atoms with Gasteiger partial charge in [-0.2, -0.15) is 0 Å². The number of aliphatic hydroxyl groups is 1. The number of methoxy groups -OCH3 is 3. The summed E-state index contributed by atoms with van der Waals surface area (Å²) in [6.45, 7) is 1.46. The molecule has 10 heteroatoms. The molecule has 1 atom stereocenters. The third kappa shape index (κ3) is 4.38. The van der Waals surface area contributed by atoms with Crippen LogP contribution in [0, 0.1) is 3.95 Å². The lowest BCUT2D eigenvalue weighted by atomic mass is 9.95. The van der Waals surface area contributed by atoms with Crippen molar-refractivity contribution in [1.29, 1.82) is 0 Å². The predicted molar refractivity (Wildman–Crippen MR) is 122 cm³/mol. The maximum Gasteiger partial charge on any atom is 0.209 e. The lowest BCUT2D eigenvalue weighted by Gasteiger charge is -2.33. The van der Waals surface area contributed by atoms with Crippen molar-refractivity contribution in [1.82, 2.24) is 14.7 Å². The van der Waals surface area contributed by atoms with E-state index >= 15 is 0 Å². The molecule has 3 aromatic rings. The Morgan fingerprint density at radius 3 is 2.55 bits per heavy atom. The maximum absolute atomic E-state index is 10.8. The van der Waals surface area contributed by atoms with Gasteiger partial charge in [-0.1, -0.05) is 23.5 Å². The summed E-state index contributed by atoms with van der Waals surface area (Å²) in [6.07, 6.45) is -0.701. The third-order valence-corrected chi connectivity index (χ3v) is 6.37. The third-order valence-electron chi connectivity index (χ3n) is 5.15. The van der Waals surface area contributed by atoms with E-state index in [2.05, 4.69) is 15.3 Å². The standard InChI is InChI=1S/C21H24N4O4S2/c1-27-16-8-9-18(29-3)19-13(16)10-24(11-15(19)26)12-25-21(30)31-20(23-25)22-14-6-4-5-7-17(14)28-2/h4-9,15,26H,10-12H2,1-3H3,(H,22,23)/t15-/m0/s1. The summed E-state index contributed by atoms with van der Waals surface area (Å²) >= 11 is 6.91. The highest BCUT2D eigenvalue weighted by molar-refractivity contribution is 7.73. The van der Waals surface area contributed by atoms with E-state index in [1.807, 2.05) is 36.4 Å². The van der Waals surface area contributed by atoms with Crippen LogP contribution >= 0.6 is 23.6 Å². The second-order valence-electron chi connectivity index (χ2n) is 7.03. The van der Waals surface area contributed by atoms with Gasteiger partial charge in [0.15, 0.2) is 3.95 Å². The van der Waals surface area contributed by atoms with Gasteiger partial charge in [-0.3, -0.25) is 4.90 Å². The van der Waals surface area contributed by atoms with Crippen LogP contribution in [-0.2, 0) is 13.2 Å². The van der Waals surface area contributed by atoms with Crippen LogP contribution in [0.2, 0.25) is 0 Å². The van der Waals surface area contributed by atoms with Crippen molar-refractivity contribution >= 4 is 34.4 Å². The number of hydrogen-bond donors (Lipinski definition) is 2. The molecule has 0 radical (unpaired) electrons. The van der Waals surface area contributed by atoms with Crippen molar-refractivity contribution in [2.45, 2.75) is 19.3 Å². The molecule has 0 aliphatic carbocycles. The van der Waals surface area contributed by atoms with Crippen molar-refractivity contribution in [3.05, 3.63) is 51.5 Å². The number of benzene rings is 2. The number of β-amino-alcohol motifs (C(OH)–C–C–N with tert-alkyl or cyclic N) is 1. The van der Waals surface area contributed by atoms with Crippen LogP contribution in [0.5, 0.6) is 17.2 Å². The molecule has 0 fully saturated rings. The van der Waals surface area contributed by atoms with Gasteiger partial charge in [-0.05, 0) is 36.5 Å². The van der Waals surface area contributed by atoms with Gasteiger partial charge in [0.2, 0.25) is 5.13 Å². The fraction of sp³-hybridized carbons (Fsp3) is 0.333. The molecule has 164 valence electrons. The van der Waals surface area contributed by atoms with E-state index < -0.39 is 6.10 Å². The highest BCUT2D eigenvalue weighted by Gasteiger charge is 2.30. The van der Waals surface area contributed by atoms with Gasteiger partial charge in [0.1, 0.15) is 17.2 Å². The first-order valence-electron chi connectivity index (χ1n) is 9.66. The van der Waals surface area contributed by atoms with Crippen LogP contribution in [0.15, 0.2) is 36.4 Å². The molecule has 0 amide bonds. The number of anilines is 2. The molecule has 0 saturated heterocycles. The Hall–Kier alpha value is -2.66. The average molecular weight is 461 g/mol. The van der Waals surface area contributed by atoms with E-state index in [4.69, 9.17) is 26.4 Å². The molecule has 2 aromatic carbocycles. The number of nitrogens with one attached hydrogen (secondary N) is 1. The lowest BCUT2D eigenvalue weighted by molar-refractivity contribution is 0.0673. The average Bonchev–Trinajstić information content (AvgIpc) is 3.11. The topological polar surface area (TPSA) is 81.0 Å². The Morgan fingerprint density at radius 1 is 1.10 bits per heavy atom. The number of hydrogen-bond acceptors (Lipinski definition) is 9. The minimum Gasteiger partial charge on any atom is -0.496 e. The number of nitrogens with zero attached hydrogens (tertiary/aromatic N) is 3. The Labute approximate surface area is 189 Å². The van der Waals surface area contributed by atoms with Crippen LogP contribution in [0.4, 0.5) is 10.8 Å². The molecular formula is C21H24N4O4S2. The Morgan fingerprint density at radius 2 is 1.81 bits per heavy atom. The molecule has 4 rings (SSSR count). The quantitative estimate of drug-likeness (QED) is 0.513.